The van der Waals surface area contributed by atoms with Crippen LogP contribution in [0.25, 0.3) is 0 Å². The molecule has 9 heteroatoms. The molecule has 2 aliphatic heterocycles. The van der Waals surface area contributed by atoms with Crippen molar-refractivity contribution in [1.82, 2.24) is 4.90 Å². The Kier molecular flexibility index (Phi) is 8.40. The molecule has 4 atom stereocenters. The summed E-state index contributed by atoms with van der Waals surface area (Å²) in [6.07, 6.45) is -3.92. The molecule has 6 nitrogen and oxygen atoms in total. The van der Waals surface area contributed by atoms with Crippen LogP contribution in [0.1, 0.15) is 55.0 Å². The van der Waals surface area contributed by atoms with E-state index in [2.05, 4.69) is 18.7 Å². The molecular weight excluding hydrogens is 499 g/mol. The monoisotopic (exact) mass is 535 g/mol. The van der Waals surface area contributed by atoms with Crippen LogP contribution in [0, 0.1) is 11.8 Å². The van der Waals surface area contributed by atoms with Crippen LogP contribution in [-0.2, 0) is 32.9 Å². The molecule has 1 N–H and O–H groups in total. The van der Waals surface area contributed by atoms with Crippen LogP contribution >= 0.6 is 0 Å². The van der Waals surface area contributed by atoms with E-state index in [1.807, 2.05) is 12.1 Å². The predicted molar refractivity (Wildman–Crippen MR) is 136 cm³/mol. The van der Waals surface area contributed by atoms with Gasteiger partial charge in [0.15, 0.2) is 0 Å². The number of alkyl halides is 3. The van der Waals surface area contributed by atoms with Gasteiger partial charge in [-0.15, -0.1) is 0 Å². The highest BCUT2D eigenvalue weighted by atomic mass is 19.4. The van der Waals surface area contributed by atoms with E-state index in [0.29, 0.717) is 30.7 Å². The van der Waals surface area contributed by atoms with Crippen LogP contribution in [0.3, 0.4) is 0 Å². The zero-order valence-corrected chi connectivity index (χ0v) is 22.3. The number of hydrogen-bond donors (Lipinski definition) is 1. The minimum absolute atomic E-state index is 0.133. The topological polar surface area (TPSA) is 68.2 Å². The van der Waals surface area contributed by atoms with Gasteiger partial charge in [0.05, 0.1) is 13.7 Å². The van der Waals surface area contributed by atoms with Crippen LogP contribution in [0.5, 0.6) is 5.75 Å². The van der Waals surface area contributed by atoms with Gasteiger partial charge in [-0.05, 0) is 42.0 Å². The van der Waals surface area contributed by atoms with Gasteiger partial charge in [-0.25, -0.2) is 4.79 Å². The Morgan fingerprint density at radius 1 is 1.16 bits per heavy atom. The average molecular weight is 536 g/mol. The van der Waals surface area contributed by atoms with Crippen LogP contribution in [0.4, 0.5) is 13.2 Å². The molecule has 208 valence electrons. The van der Waals surface area contributed by atoms with Gasteiger partial charge in [-0.2, -0.15) is 13.2 Å². The molecule has 2 aliphatic rings. The van der Waals surface area contributed by atoms with Crippen molar-refractivity contribution in [3.8, 4) is 5.75 Å². The molecule has 2 aromatic rings. The number of nitrogens with zero attached hydrogens (tertiary/aromatic N) is 1. The Morgan fingerprint density at radius 2 is 1.87 bits per heavy atom. The predicted octanol–water partition coefficient (Wildman–Crippen LogP) is 5.17. The van der Waals surface area contributed by atoms with Gasteiger partial charge in [-0.3, -0.25) is 4.90 Å². The second-order valence-electron chi connectivity index (χ2n) is 10.6. The van der Waals surface area contributed by atoms with Gasteiger partial charge in [-0.1, -0.05) is 44.2 Å². The Balaban J connectivity index is 1.70. The first-order valence-electron chi connectivity index (χ1n) is 13.0. The van der Waals surface area contributed by atoms with Crippen molar-refractivity contribution >= 4 is 5.97 Å². The third kappa shape index (κ3) is 5.16. The van der Waals surface area contributed by atoms with E-state index in [1.165, 1.54) is 24.3 Å². The zero-order valence-electron chi connectivity index (χ0n) is 22.3. The number of aliphatic hydroxyl groups is 1. The maximum absolute atomic E-state index is 14.5. The number of rotatable bonds is 8. The lowest BCUT2D eigenvalue weighted by Gasteiger charge is -2.48. The number of carbonyl (C=O) groups excluding carboxylic acids is 1. The lowest BCUT2D eigenvalue weighted by molar-refractivity contribution is -0.280. The van der Waals surface area contributed by atoms with Crippen molar-refractivity contribution in [3.63, 3.8) is 0 Å². The molecule has 0 bridgehead atoms. The number of esters is 1. The smallest absolute Gasteiger partial charge is 0.432 e. The van der Waals surface area contributed by atoms with Crippen LogP contribution < -0.4 is 4.74 Å². The average Bonchev–Trinajstić information content (AvgIpc) is 2.88. The SMILES string of the molecule is COc1cc2c(cc1CO)[C@H]1C[C@H](OC(=O)[C@](OC)(c3ccccc3)C(F)(F)F)[C@@H](CC(C)C)CN1CC2. The maximum atomic E-state index is 14.5. The molecule has 4 rings (SSSR count). The third-order valence-corrected chi connectivity index (χ3v) is 7.84. The van der Waals surface area contributed by atoms with E-state index in [0.717, 1.165) is 31.2 Å². The highest BCUT2D eigenvalue weighted by Crippen LogP contribution is 2.46. The number of hydrogen-bond acceptors (Lipinski definition) is 6. The van der Waals surface area contributed by atoms with Gasteiger partial charge in [0.25, 0.3) is 5.60 Å². The summed E-state index contributed by atoms with van der Waals surface area (Å²) in [5.74, 6) is -0.711. The van der Waals surface area contributed by atoms with Crippen molar-refractivity contribution in [2.24, 2.45) is 11.8 Å². The van der Waals surface area contributed by atoms with E-state index in [1.54, 1.807) is 13.2 Å². The Morgan fingerprint density at radius 3 is 2.45 bits per heavy atom. The first-order valence-corrected chi connectivity index (χ1v) is 13.0. The van der Waals surface area contributed by atoms with E-state index in [9.17, 15) is 23.1 Å². The fraction of sp³-hybridized carbons (Fsp3) is 0.552. The zero-order chi connectivity index (χ0) is 27.7. The highest BCUT2D eigenvalue weighted by molar-refractivity contribution is 5.83. The van der Waals surface area contributed by atoms with Gasteiger partial charge >= 0.3 is 12.1 Å². The minimum atomic E-state index is -5.03. The van der Waals surface area contributed by atoms with E-state index in [4.69, 9.17) is 14.2 Å². The van der Waals surface area contributed by atoms with Crippen molar-refractivity contribution in [3.05, 3.63) is 64.7 Å². The van der Waals surface area contributed by atoms with Gasteiger partial charge in [0.1, 0.15) is 11.9 Å². The van der Waals surface area contributed by atoms with Crippen molar-refractivity contribution in [2.45, 2.75) is 63.6 Å². The van der Waals surface area contributed by atoms with E-state index >= 15 is 0 Å². The number of ether oxygens (including phenoxy) is 3. The summed E-state index contributed by atoms with van der Waals surface area (Å²) in [4.78, 5) is 15.8. The minimum Gasteiger partial charge on any atom is -0.496 e. The Hall–Kier alpha value is -2.62. The molecule has 0 amide bonds. The number of aliphatic hydroxyl groups excluding tert-OH is 1. The van der Waals surface area contributed by atoms with Crippen LogP contribution in [0.15, 0.2) is 42.5 Å². The van der Waals surface area contributed by atoms with E-state index < -0.39 is 23.9 Å². The second-order valence-corrected chi connectivity index (χ2v) is 10.6. The second kappa shape index (κ2) is 11.2. The van der Waals surface area contributed by atoms with Gasteiger partial charge in [0.2, 0.25) is 0 Å². The Bertz CT molecular complexity index is 1120. The van der Waals surface area contributed by atoms with E-state index in [-0.39, 0.29) is 30.0 Å². The number of carbonyl (C=O) groups is 1. The first-order chi connectivity index (χ1) is 18.0. The lowest BCUT2D eigenvalue weighted by Crippen LogP contribution is -2.55. The molecule has 2 aromatic carbocycles. The fourth-order valence-electron chi connectivity index (χ4n) is 6.05. The molecule has 0 unspecified atom stereocenters. The summed E-state index contributed by atoms with van der Waals surface area (Å²) in [6, 6.07) is 10.6. The molecule has 0 aliphatic carbocycles. The molecular formula is C29H36F3NO5. The summed E-state index contributed by atoms with van der Waals surface area (Å²) < 4.78 is 59.8. The number of methoxy groups -OCH3 is 2. The first kappa shape index (κ1) is 28.4. The molecule has 2 heterocycles. The van der Waals surface area contributed by atoms with Gasteiger partial charge < -0.3 is 19.3 Å². The molecule has 1 fully saturated rings. The number of piperidine rings is 1. The number of benzene rings is 2. The summed E-state index contributed by atoms with van der Waals surface area (Å²) in [5, 5.41) is 9.88. The normalized spacial score (nSPS) is 23.3. The molecule has 0 aromatic heterocycles. The molecule has 0 spiro atoms. The van der Waals surface area contributed by atoms with Crippen molar-refractivity contribution < 1.29 is 37.3 Å². The summed E-state index contributed by atoms with van der Waals surface area (Å²) in [6.45, 7) is 5.28. The highest BCUT2D eigenvalue weighted by Gasteiger charge is 2.64. The van der Waals surface area contributed by atoms with Gasteiger partial charge in [0, 0.05) is 49.7 Å². The summed E-state index contributed by atoms with van der Waals surface area (Å²) in [7, 11) is 2.44. The molecule has 1 saturated heterocycles. The van der Waals surface area contributed by atoms with Crippen LogP contribution in [-0.4, -0.2) is 55.6 Å². The summed E-state index contributed by atoms with van der Waals surface area (Å²) in [5.41, 5.74) is -0.845. The van der Waals surface area contributed by atoms with Crippen molar-refractivity contribution in [1.29, 1.82) is 0 Å². The molecule has 0 saturated carbocycles. The molecule has 38 heavy (non-hydrogen) atoms. The quantitative estimate of drug-likeness (QED) is 0.471. The maximum Gasteiger partial charge on any atom is 0.432 e. The lowest BCUT2D eigenvalue weighted by atomic mass is 9.78. The largest absolute Gasteiger partial charge is 0.496 e. The number of fused-ring (bicyclic) bond motifs is 3. The Labute approximate surface area is 221 Å². The standard InChI is InChI=1S/C29H36F3NO5/c1-18(2)12-20-16-33-11-10-19-14-25(36-3)21(17-34)13-23(19)24(33)15-26(20)38-27(35)28(37-4,29(30,31)32)22-8-6-5-7-9-22/h5-9,13-14,18,20,24,26,34H,10-12,15-17H2,1-4H3/t20-,24+,26-,28+/m0/s1. The summed E-state index contributed by atoms with van der Waals surface area (Å²) >= 11 is 0. The third-order valence-electron chi connectivity index (χ3n) is 7.84. The molecule has 0 radical (unpaired) electrons. The van der Waals surface area contributed by atoms with Crippen LogP contribution in [0.2, 0.25) is 0 Å². The van der Waals surface area contributed by atoms with Crippen molar-refractivity contribution in [2.75, 3.05) is 27.3 Å². The fourth-order valence-corrected chi connectivity index (χ4v) is 6.05. The number of halogens is 3.